The normalized spacial score (nSPS) is 13.5. The summed E-state index contributed by atoms with van der Waals surface area (Å²) < 4.78 is 13.9. The molecule has 0 unspecified atom stereocenters. The molecule has 37 heavy (non-hydrogen) atoms. The van der Waals surface area contributed by atoms with Gasteiger partial charge in [-0.15, -0.1) is 0 Å². The minimum Gasteiger partial charge on any atom is -0.378 e. The lowest BCUT2D eigenvalue weighted by Gasteiger charge is -2.18. The van der Waals surface area contributed by atoms with Gasteiger partial charge in [-0.1, -0.05) is 67.3 Å². The first-order valence-electron chi connectivity index (χ1n) is 13.3. The second-order valence-electron chi connectivity index (χ2n) is 10.1. The van der Waals surface area contributed by atoms with Crippen LogP contribution in [0.5, 0.6) is 0 Å². The molecule has 0 fully saturated rings. The zero-order valence-corrected chi connectivity index (χ0v) is 22.5. The third-order valence-electron chi connectivity index (χ3n) is 7.18. The van der Waals surface area contributed by atoms with E-state index in [1.54, 1.807) is 12.1 Å². The highest BCUT2D eigenvalue weighted by molar-refractivity contribution is 6.00. The maximum Gasteiger partial charge on any atom is 0.123 e. The molecule has 1 N–H and O–H groups in total. The summed E-state index contributed by atoms with van der Waals surface area (Å²) in [6.45, 7) is 7.86. The van der Waals surface area contributed by atoms with Crippen LogP contribution in [-0.2, 0) is 12.8 Å². The number of fused-ring (bicyclic) bond motifs is 1. The molecule has 0 radical (unpaired) electrons. The summed E-state index contributed by atoms with van der Waals surface area (Å²) in [5.74, 6) is -0.175. The van der Waals surface area contributed by atoms with Gasteiger partial charge in [-0.3, -0.25) is 0 Å². The van der Waals surface area contributed by atoms with Gasteiger partial charge in [-0.2, -0.15) is 0 Å². The molecule has 0 bridgehead atoms. The average Bonchev–Trinajstić information content (AvgIpc) is 3.08. The van der Waals surface area contributed by atoms with Crippen LogP contribution in [0.2, 0.25) is 0 Å². The van der Waals surface area contributed by atoms with E-state index in [1.165, 1.54) is 33.4 Å². The largest absolute Gasteiger partial charge is 0.378 e. The van der Waals surface area contributed by atoms with Crippen LogP contribution in [0.25, 0.3) is 11.1 Å². The topological polar surface area (TPSA) is 15.3 Å². The standard InChI is InChI=1S/C34H39FN2/c1-25-24-30(35)20-21-31(25)33-15-7-13-28-12-5-6-14-32(28)34(33)29-18-16-27(17-19-29)11-9-23-36-22-8-10-26(2)37(3)4/h5-6,8,10,12,14,16-21,24,36H,2,7,9,11,13,15,22-23H2,1,3-4H3/b10-8+. The molecule has 0 saturated heterocycles. The summed E-state index contributed by atoms with van der Waals surface area (Å²) in [5.41, 5.74) is 11.1. The smallest absolute Gasteiger partial charge is 0.123 e. The van der Waals surface area contributed by atoms with Crippen LogP contribution in [0.1, 0.15) is 52.6 Å². The number of aryl methyl sites for hydroxylation is 3. The SMILES string of the molecule is C=C(/C=C/CNCCCc1ccc(C2=C(c3ccc(F)cc3C)CCCc3ccccc32)cc1)N(C)C. The van der Waals surface area contributed by atoms with Crippen LogP contribution >= 0.6 is 0 Å². The Labute approximate surface area is 222 Å². The van der Waals surface area contributed by atoms with E-state index in [1.807, 2.05) is 38.1 Å². The summed E-state index contributed by atoms with van der Waals surface area (Å²) in [4.78, 5) is 2.01. The summed E-state index contributed by atoms with van der Waals surface area (Å²) in [7, 11) is 4.00. The Morgan fingerprint density at radius 1 is 1.00 bits per heavy atom. The fraction of sp³-hybridized carbons (Fsp3) is 0.294. The third kappa shape index (κ3) is 6.87. The van der Waals surface area contributed by atoms with E-state index in [0.29, 0.717) is 0 Å². The Morgan fingerprint density at radius 2 is 1.78 bits per heavy atom. The van der Waals surface area contributed by atoms with Crippen molar-refractivity contribution in [3.8, 4) is 0 Å². The lowest BCUT2D eigenvalue weighted by molar-refractivity contribution is 0.532. The average molecular weight is 495 g/mol. The monoisotopic (exact) mass is 494 g/mol. The van der Waals surface area contributed by atoms with Crippen molar-refractivity contribution in [3.63, 3.8) is 0 Å². The molecule has 0 spiro atoms. The molecular weight excluding hydrogens is 455 g/mol. The van der Waals surface area contributed by atoms with Crippen molar-refractivity contribution in [2.45, 2.75) is 39.0 Å². The van der Waals surface area contributed by atoms with E-state index >= 15 is 0 Å². The number of hydrogen-bond acceptors (Lipinski definition) is 2. The van der Waals surface area contributed by atoms with Gasteiger partial charge in [-0.25, -0.2) is 4.39 Å². The second kappa shape index (κ2) is 12.7. The summed E-state index contributed by atoms with van der Waals surface area (Å²) >= 11 is 0. The summed E-state index contributed by atoms with van der Waals surface area (Å²) in [5, 5.41) is 3.48. The zero-order valence-electron chi connectivity index (χ0n) is 22.5. The molecule has 192 valence electrons. The second-order valence-corrected chi connectivity index (χ2v) is 10.1. The highest BCUT2D eigenvalue weighted by Crippen LogP contribution is 2.40. The molecule has 0 saturated carbocycles. The van der Waals surface area contributed by atoms with Crippen molar-refractivity contribution >= 4 is 11.1 Å². The van der Waals surface area contributed by atoms with Gasteiger partial charge in [0, 0.05) is 26.3 Å². The molecule has 0 amide bonds. The number of nitrogens with zero attached hydrogens (tertiary/aromatic N) is 1. The number of rotatable bonds is 10. The Morgan fingerprint density at radius 3 is 2.54 bits per heavy atom. The molecule has 3 aromatic rings. The molecule has 2 nitrogen and oxygen atoms in total. The van der Waals surface area contributed by atoms with E-state index in [2.05, 4.69) is 66.5 Å². The summed E-state index contributed by atoms with van der Waals surface area (Å²) in [6.07, 6.45) is 9.45. The van der Waals surface area contributed by atoms with Gasteiger partial charge in [0.1, 0.15) is 5.82 Å². The predicted octanol–water partition coefficient (Wildman–Crippen LogP) is 7.58. The number of halogens is 1. The number of hydrogen-bond donors (Lipinski definition) is 1. The molecule has 4 rings (SSSR count). The maximum atomic E-state index is 13.9. The Bertz CT molecular complexity index is 1280. The van der Waals surface area contributed by atoms with Crippen molar-refractivity contribution in [3.05, 3.63) is 130 Å². The Kier molecular flexibility index (Phi) is 9.14. The molecule has 0 heterocycles. The predicted molar refractivity (Wildman–Crippen MR) is 156 cm³/mol. The van der Waals surface area contributed by atoms with Gasteiger partial charge in [0.05, 0.1) is 0 Å². The first-order valence-corrected chi connectivity index (χ1v) is 13.3. The van der Waals surface area contributed by atoms with Crippen LogP contribution in [-0.4, -0.2) is 32.1 Å². The number of benzene rings is 3. The third-order valence-corrected chi connectivity index (χ3v) is 7.18. The molecule has 1 aliphatic rings. The lowest BCUT2D eigenvalue weighted by atomic mass is 9.86. The van der Waals surface area contributed by atoms with Gasteiger partial charge in [0.25, 0.3) is 0 Å². The van der Waals surface area contributed by atoms with Crippen molar-refractivity contribution in [2.24, 2.45) is 0 Å². The zero-order chi connectivity index (χ0) is 26.2. The molecule has 0 aliphatic heterocycles. The van der Waals surface area contributed by atoms with Crippen molar-refractivity contribution in [1.82, 2.24) is 10.2 Å². The molecule has 1 aliphatic carbocycles. The quantitative estimate of drug-likeness (QED) is 0.231. The highest BCUT2D eigenvalue weighted by Gasteiger charge is 2.21. The van der Waals surface area contributed by atoms with Gasteiger partial charge in [0.2, 0.25) is 0 Å². The minimum absolute atomic E-state index is 0.175. The maximum absolute atomic E-state index is 13.9. The van der Waals surface area contributed by atoms with Crippen molar-refractivity contribution in [1.29, 1.82) is 0 Å². The molecule has 3 heteroatoms. The number of allylic oxidation sites excluding steroid dienone is 2. The molecule has 3 aromatic carbocycles. The van der Waals surface area contributed by atoms with Crippen LogP contribution in [0.3, 0.4) is 0 Å². The van der Waals surface area contributed by atoms with Gasteiger partial charge < -0.3 is 10.2 Å². The molecule has 0 aromatic heterocycles. The highest BCUT2D eigenvalue weighted by atomic mass is 19.1. The fourth-order valence-electron chi connectivity index (χ4n) is 5.08. The Balaban J connectivity index is 1.51. The number of likely N-dealkylation sites (N-methyl/N-ethyl adjacent to an activating group) is 1. The summed E-state index contributed by atoms with van der Waals surface area (Å²) in [6, 6.07) is 23.1. The van der Waals surface area contributed by atoms with Gasteiger partial charge in [-0.05, 0) is 108 Å². The number of nitrogens with one attached hydrogen (secondary N) is 1. The van der Waals surface area contributed by atoms with E-state index in [-0.39, 0.29) is 5.82 Å². The van der Waals surface area contributed by atoms with Gasteiger partial charge in [0.15, 0.2) is 0 Å². The Hall–Kier alpha value is -3.43. The lowest BCUT2D eigenvalue weighted by Crippen LogP contribution is -2.16. The van der Waals surface area contributed by atoms with E-state index < -0.39 is 0 Å². The van der Waals surface area contributed by atoms with E-state index in [4.69, 9.17) is 0 Å². The first-order chi connectivity index (χ1) is 17.9. The molecule has 0 atom stereocenters. The van der Waals surface area contributed by atoms with Crippen molar-refractivity contribution in [2.75, 3.05) is 27.2 Å². The van der Waals surface area contributed by atoms with E-state index in [9.17, 15) is 4.39 Å². The van der Waals surface area contributed by atoms with Crippen LogP contribution < -0.4 is 5.32 Å². The van der Waals surface area contributed by atoms with Crippen molar-refractivity contribution < 1.29 is 4.39 Å². The van der Waals surface area contributed by atoms with Crippen LogP contribution in [0.15, 0.2) is 91.2 Å². The minimum atomic E-state index is -0.175. The van der Waals surface area contributed by atoms with E-state index in [0.717, 1.165) is 62.0 Å². The molecular formula is C34H39FN2. The van der Waals surface area contributed by atoms with Crippen LogP contribution in [0, 0.1) is 12.7 Å². The van der Waals surface area contributed by atoms with Gasteiger partial charge >= 0.3 is 0 Å². The first kappa shape index (κ1) is 26.6. The fourth-order valence-corrected chi connectivity index (χ4v) is 5.08. The van der Waals surface area contributed by atoms with Crippen LogP contribution in [0.4, 0.5) is 4.39 Å².